The minimum Gasteiger partial charge on any atom is -0.478 e. The highest BCUT2D eigenvalue weighted by Crippen LogP contribution is 2.30. The van der Waals surface area contributed by atoms with E-state index in [4.69, 9.17) is 0 Å². The van der Waals surface area contributed by atoms with Gasteiger partial charge in [-0.15, -0.1) is 11.3 Å². The molecule has 3 rings (SSSR count). The molecule has 0 amide bonds. The molecule has 3 aromatic rings. The van der Waals surface area contributed by atoms with Crippen molar-refractivity contribution in [2.75, 3.05) is 0 Å². The summed E-state index contributed by atoms with van der Waals surface area (Å²) in [4.78, 5) is 12.5. The Labute approximate surface area is 126 Å². The maximum absolute atomic E-state index is 11.6. The Hall–Kier alpha value is -2.40. The third-order valence-electron chi connectivity index (χ3n) is 3.27. The van der Waals surface area contributed by atoms with E-state index in [2.05, 4.69) is 5.10 Å². The molecule has 106 valence electrons. The topological polar surface area (TPSA) is 55.1 Å². The van der Waals surface area contributed by atoms with Gasteiger partial charge in [0, 0.05) is 0 Å². The summed E-state index contributed by atoms with van der Waals surface area (Å²) >= 11 is 1.52. The SMILES string of the molecule is Cc1nn(Cc2ccccc2)c(-c2cccs2)c1C(=O)O. The predicted octanol–water partition coefficient (Wildman–Crippen LogP) is 3.67. The molecule has 0 radical (unpaired) electrons. The van der Waals surface area contributed by atoms with E-state index in [9.17, 15) is 9.90 Å². The normalized spacial score (nSPS) is 10.7. The Balaban J connectivity index is 2.12. The van der Waals surface area contributed by atoms with Crippen LogP contribution in [0.15, 0.2) is 47.8 Å². The summed E-state index contributed by atoms with van der Waals surface area (Å²) in [6.07, 6.45) is 0. The van der Waals surface area contributed by atoms with Gasteiger partial charge in [-0.1, -0.05) is 36.4 Å². The fraction of sp³-hybridized carbons (Fsp3) is 0.125. The van der Waals surface area contributed by atoms with Gasteiger partial charge < -0.3 is 5.11 Å². The number of thiophene rings is 1. The molecule has 2 aromatic heterocycles. The van der Waals surface area contributed by atoms with E-state index in [1.165, 1.54) is 11.3 Å². The van der Waals surface area contributed by atoms with Crippen molar-refractivity contribution in [1.29, 1.82) is 0 Å². The first-order valence-electron chi connectivity index (χ1n) is 6.55. The van der Waals surface area contributed by atoms with Crippen molar-refractivity contribution >= 4 is 17.3 Å². The zero-order valence-electron chi connectivity index (χ0n) is 11.5. The van der Waals surface area contributed by atoms with Crippen LogP contribution in [-0.2, 0) is 6.54 Å². The average molecular weight is 298 g/mol. The molecule has 0 aliphatic heterocycles. The molecule has 0 aliphatic carbocycles. The van der Waals surface area contributed by atoms with Crippen LogP contribution < -0.4 is 0 Å². The Morgan fingerprint density at radius 3 is 2.62 bits per heavy atom. The number of carbonyl (C=O) groups is 1. The maximum atomic E-state index is 11.6. The number of rotatable bonds is 4. The van der Waals surface area contributed by atoms with Crippen molar-refractivity contribution in [2.45, 2.75) is 13.5 Å². The molecule has 21 heavy (non-hydrogen) atoms. The number of hydrogen-bond donors (Lipinski definition) is 1. The number of carboxylic acids is 1. The van der Waals surface area contributed by atoms with Gasteiger partial charge in [-0.05, 0) is 23.9 Å². The van der Waals surface area contributed by atoms with E-state index in [1.807, 2.05) is 47.8 Å². The van der Waals surface area contributed by atoms with Gasteiger partial charge in [0.15, 0.2) is 0 Å². The van der Waals surface area contributed by atoms with Gasteiger partial charge in [0.2, 0.25) is 0 Å². The zero-order chi connectivity index (χ0) is 14.8. The second-order valence-electron chi connectivity index (χ2n) is 4.73. The van der Waals surface area contributed by atoms with Gasteiger partial charge in [-0.3, -0.25) is 4.68 Å². The first-order chi connectivity index (χ1) is 10.2. The Bertz CT molecular complexity index is 761. The highest BCUT2D eigenvalue weighted by atomic mass is 32.1. The molecule has 0 saturated heterocycles. The number of aromatic carboxylic acids is 1. The largest absolute Gasteiger partial charge is 0.478 e. The number of benzene rings is 1. The summed E-state index contributed by atoms with van der Waals surface area (Å²) in [6, 6.07) is 13.8. The van der Waals surface area contributed by atoms with Crippen LogP contribution in [0.1, 0.15) is 21.6 Å². The summed E-state index contributed by atoms with van der Waals surface area (Å²) in [6.45, 7) is 2.30. The molecule has 0 spiro atoms. The molecular weight excluding hydrogens is 284 g/mol. The molecule has 0 fully saturated rings. The fourth-order valence-electron chi connectivity index (χ4n) is 2.37. The second-order valence-corrected chi connectivity index (χ2v) is 5.68. The number of nitrogens with zero attached hydrogens (tertiary/aromatic N) is 2. The molecule has 0 atom stereocenters. The van der Waals surface area contributed by atoms with Crippen molar-refractivity contribution in [3.8, 4) is 10.6 Å². The molecule has 4 nitrogen and oxygen atoms in total. The first kappa shape index (κ1) is 13.6. The molecule has 1 aromatic carbocycles. The Morgan fingerprint density at radius 1 is 1.24 bits per heavy atom. The summed E-state index contributed by atoms with van der Waals surface area (Å²) in [5, 5.41) is 15.8. The standard InChI is InChI=1S/C16H14N2O2S/c1-11-14(16(19)20)15(13-8-5-9-21-13)18(17-11)10-12-6-3-2-4-7-12/h2-9H,10H2,1H3,(H,19,20). The predicted molar refractivity (Wildman–Crippen MR) is 82.8 cm³/mol. The molecule has 5 heteroatoms. The minimum atomic E-state index is -0.935. The van der Waals surface area contributed by atoms with Crippen molar-refractivity contribution < 1.29 is 9.90 Å². The molecule has 0 bridgehead atoms. The number of aryl methyl sites for hydroxylation is 1. The fourth-order valence-corrected chi connectivity index (χ4v) is 3.15. The summed E-state index contributed by atoms with van der Waals surface area (Å²) in [5.74, 6) is -0.935. The zero-order valence-corrected chi connectivity index (χ0v) is 12.3. The quantitative estimate of drug-likeness (QED) is 0.799. The van der Waals surface area contributed by atoms with Crippen LogP contribution in [0.3, 0.4) is 0 Å². The number of aromatic nitrogens is 2. The van der Waals surface area contributed by atoms with Crippen LogP contribution in [0, 0.1) is 6.92 Å². The van der Waals surface area contributed by atoms with Crippen molar-refractivity contribution in [1.82, 2.24) is 9.78 Å². The summed E-state index contributed by atoms with van der Waals surface area (Å²) in [7, 11) is 0. The Morgan fingerprint density at radius 2 is 2.00 bits per heavy atom. The van der Waals surface area contributed by atoms with Gasteiger partial charge in [-0.25, -0.2) is 4.79 Å². The average Bonchev–Trinajstić information content (AvgIpc) is 3.07. The third-order valence-corrected chi connectivity index (χ3v) is 4.15. The number of hydrogen-bond acceptors (Lipinski definition) is 3. The highest BCUT2D eigenvalue weighted by Gasteiger charge is 2.22. The van der Waals surface area contributed by atoms with Crippen LogP contribution in [0.5, 0.6) is 0 Å². The lowest BCUT2D eigenvalue weighted by atomic mass is 10.1. The lowest BCUT2D eigenvalue weighted by Gasteiger charge is -2.07. The van der Waals surface area contributed by atoms with Crippen molar-refractivity contribution in [2.24, 2.45) is 0 Å². The van der Waals surface area contributed by atoms with E-state index in [0.717, 1.165) is 10.4 Å². The van der Waals surface area contributed by atoms with Crippen LogP contribution in [0.4, 0.5) is 0 Å². The van der Waals surface area contributed by atoms with E-state index in [0.29, 0.717) is 17.9 Å². The smallest absolute Gasteiger partial charge is 0.339 e. The molecule has 0 aliphatic rings. The molecule has 0 saturated carbocycles. The van der Waals surface area contributed by atoms with Gasteiger partial charge in [0.25, 0.3) is 0 Å². The Kier molecular flexibility index (Phi) is 3.58. The van der Waals surface area contributed by atoms with Crippen LogP contribution >= 0.6 is 11.3 Å². The highest BCUT2D eigenvalue weighted by molar-refractivity contribution is 7.13. The van der Waals surface area contributed by atoms with E-state index in [1.54, 1.807) is 11.6 Å². The summed E-state index contributed by atoms with van der Waals surface area (Å²) < 4.78 is 1.78. The van der Waals surface area contributed by atoms with Gasteiger partial charge in [0.1, 0.15) is 5.56 Å². The van der Waals surface area contributed by atoms with E-state index >= 15 is 0 Å². The first-order valence-corrected chi connectivity index (χ1v) is 7.43. The van der Waals surface area contributed by atoms with Gasteiger partial charge in [0.05, 0.1) is 22.8 Å². The lowest BCUT2D eigenvalue weighted by molar-refractivity contribution is 0.0697. The molecular formula is C16H14N2O2S. The molecule has 1 N–H and O–H groups in total. The van der Waals surface area contributed by atoms with Gasteiger partial charge >= 0.3 is 5.97 Å². The molecule has 0 unspecified atom stereocenters. The number of carboxylic acid groups (broad SMARTS) is 1. The summed E-state index contributed by atoms with van der Waals surface area (Å²) in [5.41, 5.74) is 2.60. The second kappa shape index (κ2) is 5.54. The third kappa shape index (κ3) is 2.60. The minimum absolute atomic E-state index is 0.286. The van der Waals surface area contributed by atoms with Crippen LogP contribution in [0.2, 0.25) is 0 Å². The van der Waals surface area contributed by atoms with E-state index < -0.39 is 5.97 Å². The van der Waals surface area contributed by atoms with Crippen molar-refractivity contribution in [3.05, 3.63) is 64.7 Å². The van der Waals surface area contributed by atoms with Crippen molar-refractivity contribution in [3.63, 3.8) is 0 Å². The van der Waals surface area contributed by atoms with Crippen LogP contribution in [0.25, 0.3) is 10.6 Å². The lowest BCUT2D eigenvalue weighted by Crippen LogP contribution is -2.05. The monoisotopic (exact) mass is 298 g/mol. The van der Waals surface area contributed by atoms with Gasteiger partial charge in [-0.2, -0.15) is 5.10 Å². The molecule has 2 heterocycles. The maximum Gasteiger partial charge on any atom is 0.339 e. The van der Waals surface area contributed by atoms with E-state index in [-0.39, 0.29) is 5.56 Å². The van der Waals surface area contributed by atoms with Crippen LogP contribution in [-0.4, -0.2) is 20.9 Å².